The van der Waals surface area contributed by atoms with Gasteiger partial charge in [0.2, 0.25) is 0 Å². The van der Waals surface area contributed by atoms with E-state index in [1.165, 1.54) is 0 Å². The van der Waals surface area contributed by atoms with Gasteiger partial charge in [-0.3, -0.25) is 5.10 Å². The average molecular weight is 113 g/mol. The highest BCUT2D eigenvalue weighted by Crippen LogP contribution is 1.73. The third-order valence-corrected chi connectivity index (χ3v) is 1.91. The highest BCUT2D eigenvalue weighted by molar-refractivity contribution is 6.31. The lowest BCUT2D eigenvalue weighted by Crippen LogP contribution is -2.05. The summed E-state index contributed by atoms with van der Waals surface area (Å²) in [6.07, 6.45) is 0. The highest BCUT2D eigenvalue weighted by Gasteiger charge is 1.89. The lowest BCUT2D eigenvalue weighted by atomic mass is 10.6. The van der Waals surface area contributed by atoms with Crippen molar-refractivity contribution in [2.75, 3.05) is 0 Å². The molecule has 0 aliphatic heterocycles. The standard InChI is InChI=1S/C3H7N3Si/c1-2-3(7)5-6-4-2/h1,7H3,(H,4,5,6). The molecular formula is C3H7N3Si. The maximum atomic E-state index is 3.77. The van der Waals surface area contributed by atoms with E-state index in [1.807, 2.05) is 6.92 Å². The molecule has 1 heterocycles. The van der Waals surface area contributed by atoms with Gasteiger partial charge in [-0.25, -0.2) is 0 Å². The van der Waals surface area contributed by atoms with E-state index in [0.717, 1.165) is 21.3 Å². The molecule has 0 spiro atoms. The molecule has 0 atom stereocenters. The smallest absolute Gasteiger partial charge is 0.0673 e. The number of aromatic amines is 1. The van der Waals surface area contributed by atoms with E-state index in [-0.39, 0.29) is 0 Å². The molecule has 1 aromatic heterocycles. The number of nitrogens with one attached hydrogen (secondary N) is 1. The number of hydrogen-bond donors (Lipinski definition) is 1. The van der Waals surface area contributed by atoms with Crippen LogP contribution in [0, 0.1) is 6.92 Å². The maximum Gasteiger partial charge on any atom is 0.0673 e. The molecule has 1 N–H and O–H groups in total. The number of aryl methyl sites for hydroxylation is 1. The number of rotatable bonds is 0. The second kappa shape index (κ2) is 1.46. The third-order valence-electron chi connectivity index (χ3n) is 0.960. The van der Waals surface area contributed by atoms with E-state index in [9.17, 15) is 0 Å². The Balaban J connectivity index is 3.12. The first-order valence-corrected chi connectivity index (χ1v) is 3.15. The Labute approximate surface area is 44.6 Å². The fraction of sp³-hybridized carbons (Fsp3) is 0.333. The van der Waals surface area contributed by atoms with E-state index in [1.54, 1.807) is 0 Å². The van der Waals surface area contributed by atoms with Gasteiger partial charge in [0, 0.05) is 5.69 Å². The Hall–Kier alpha value is -0.643. The SMILES string of the molecule is Cc1[nH]nnc1[SiH3]. The minimum atomic E-state index is 0.993. The molecule has 0 unspecified atom stereocenters. The summed E-state index contributed by atoms with van der Waals surface area (Å²) in [5.74, 6) is 0. The molecule has 0 saturated carbocycles. The molecule has 7 heavy (non-hydrogen) atoms. The second-order valence-corrected chi connectivity index (χ2v) is 2.47. The van der Waals surface area contributed by atoms with Crippen LogP contribution < -0.4 is 5.32 Å². The average Bonchev–Trinajstić information content (AvgIpc) is 1.91. The zero-order chi connectivity index (χ0) is 5.28. The molecule has 0 radical (unpaired) electrons. The van der Waals surface area contributed by atoms with Crippen molar-refractivity contribution in [2.24, 2.45) is 0 Å². The van der Waals surface area contributed by atoms with Crippen LogP contribution in [-0.2, 0) is 0 Å². The molecule has 1 aromatic rings. The van der Waals surface area contributed by atoms with Gasteiger partial charge in [-0.15, -0.1) is 5.10 Å². The van der Waals surface area contributed by atoms with Gasteiger partial charge >= 0.3 is 0 Å². The Morgan fingerprint density at radius 1 is 1.71 bits per heavy atom. The number of nitrogens with zero attached hydrogens (tertiary/aromatic N) is 2. The van der Waals surface area contributed by atoms with Gasteiger partial charge in [-0.05, 0) is 6.92 Å². The second-order valence-electron chi connectivity index (χ2n) is 1.52. The summed E-state index contributed by atoms with van der Waals surface area (Å²) in [7, 11) is 0.993. The van der Waals surface area contributed by atoms with Gasteiger partial charge in [0.1, 0.15) is 0 Å². The minimum Gasteiger partial charge on any atom is -0.263 e. The van der Waals surface area contributed by atoms with Crippen molar-refractivity contribution in [2.45, 2.75) is 6.92 Å². The van der Waals surface area contributed by atoms with Crippen molar-refractivity contribution in [1.82, 2.24) is 15.4 Å². The van der Waals surface area contributed by atoms with Gasteiger partial charge in [0.05, 0.1) is 15.6 Å². The summed E-state index contributed by atoms with van der Waals surface area (Å²) < 4.78 is 0. The first kappa shape index (κ1) is 4.51. The Bertz CT molecular complexity index is 142. The quantitative estimate of drug-likeness (QED) is 0.399. The van der Waals surface area contributed by atoms with E-state index < -0.39 is 0 Å². The molecule has 0 saturated heterocycles. The highest BCUT2D eigenvalue weighted by atomic mass is 28.1. The lowest BCUT2D eigenvalue weighted by Gasteiger charge is -1.76. The third kappa shape index (κ3) is 0.689. The van der Waals surface area contributed by atoms with Crippen LogP contribution in [0.2, 0.25) is 0 Å². The molecule has 0 amide bonds. The molecule has 3 nitrogen and oxygen atoms in total. The first-order valence-electron chi connectivity index (χ1n) is 2.15. The minimum absolute atomic E-state index is 0.993. The zero-order valence-electron chi connectivity index (χ0n) is 4.39. The Morgan fingerprint density at radius 2 is 2.43 bits per heavy atom. The first-order chi connectivity index (χ1) is 3.30. The van der Waals surface area contributed by atoms with Crippen molar-refractivity contribution < 1.29 is 0 Å². The van der Waals surface area contributed by atoms with Gasteiger partial charge in [-0.2, -0.15) is 0 Å². The predicted octanol–water partition coefficient (Wildman–Crippen LogP) is -1.90. The van der Waals surface area contributed by atoms with E-state index >= 15 is 0 Å². The van der Waals surface area contributed by atoms with Crippen LogP contribution in [0.4, 0.5) is 0 Å². The van der Waals surface area contributed by atoms with Crippen molar-refractivity contribution >= 4 is 15.6 Å². The number of hydrogen-bond acceptors (Lipinski definition) is 2. The summed E-state index contributed by atoms with van der Waals surface area (Å²) in [5, 5.41) is 11.2. The fourth-order valence-electron chi connectivity index (χ4n) is 0.331. The van der Waals surface area contributed by atoms with Crippen LogP contribution in [0.15, 0.2) is 0 Å². The molecule has 38 valence electrons. The maximum absolute atomic E-state index is 3.77. The van der Waals surface area contributed by atoms with Gasteiger partial charge in [-0.1, -0.05) is 5.21 Å². The molecule has 1 rings (SSSR count). The number of aromatic nitrogens is 3. The summed E-state index contributed by atoms with van der Waals surface area (Å²) in [6.45, 7) is 1.97. The largest absolute Gasteiger partial charge is 0.263 e. The molecule has 0 aromatic carbocycles. The molecule has 0 bridgehead atoms. The topological polar surface area (TPSA) is 41.6 Å². The summed E-state index contributed by atoms with van der Waals surface area (Å²) in [4.78, 5) is 0. The van der Waals surface area contributed by atoms with E-state index in [0.29, 0.717) is 0 Å². The van der Waals surface area contributed by atoms with E-state index in [4.69, 9.17) is 0 Å². The van der Waals surface area contributed by atoms with Crippen molar-refractivity contribution in [1.29, 1.82) is 0 Å². The number of H-pyrrole nitrogens is 1. The van der Waals surface area contributed by atoms with Crippen molar-refractivity contribution in [3.05, 3.63) is 5.69 Å². The van der Waals surface area contributed by atoms with Gasteiger partial charge < -0.3 is 0 Å². The Morgan fingerprint density at radius 3 is 2.57 bits per heavy atom. The molecular weight excluding hydrogens is 106 g/mol. The van der Waals surface area contributed by atoms with E-state index in [2.05, 4.69) is 15.4 Å². The molecule has 4 heteroatoms. The van der Waals surface area contributed by atoms with Crippen LogP contribution in [-0.4, -0.2) is 25.7 Å². The molecule has 0 aliphatic rings. The van der Waals surface area contributed by atoms with Crippen LogP contribution in [0.5, 0.6) is 0 Å². The van der Waals surface area contributed by atoms with Crippen molar-refractivity contribution in [3.63, 3.8) is 0 Å². The normalized spacial score (nSPS) is 9.86. The summed E-state index contributed by atoms with van der Waals surface area (Å²) >= 11 is 0. The van der Waals surface area contributed by atoms with Gasteiger partial charge in [0.15, 0.2) is 0 Å². The molecule has 0 fully saturated rings. The fourth-order valence-corrected chi connectivity index (χ4v) is 0.543. The van der Waals surface area contributed by atoms with Crippen LogP contribution >= 0.6 is 0 Å². The Kier molecular flexibility index (Phi) is 0.939. The lowest BCUT2D eigenvalue weighted by molar-refractivity contribution is 0.932. The van der Waals surface area contributed by atoms with Crippen LogP contribution in [0.3, 0.4) is 0 Å². The summed E-state index contributed by atoms with van der Waals surface area (Å²) in [5.41, 5.74) is 1.10. The summed E-state index contributed by atoms with van der Waals surface area (Å²) in [6, 6.07) is 0. The zero-order valence-corrected chi connectivity index (χ0v) is 6.39. The molecule has 0 aliphatic carbocycles. The van der Waals surface area contributed by atoms with Crippen LogP contribution in [0.25, 0.3) is 0 Å². The van der Waals surface area contributed by atoms with Gasteiger partial charge in [0.25, 0.3) is 0 Å². The predicted molar refractivity (Wildman–Crippen MR) is 30.7 cm³/mol. The monoisotopic (exact) mass is 113 g/mol. The van der Waals surface area contributed by atoms with Crippen LogP contribution in [0.1, 0.15) is 5.69 Å². The van der Waals surface area contributed by atoms with Crippen molar-refractivity contribution in [3.8, 4) is 0 Å².